The smallest absolute Gasteiger partial charge is 0.423 e. The van der Waals surface area contributed by atoms with E-state index in [0.717, 1.165) is 88.9 Å². The average Bonchev–Trinajstić information content (AvgIpc) is 4.15. The number of alkyl halides is 2. The minimum Gasteiger partial charge on any atom is -0.423 e. The second-order valence-electron chi connectivity index (χ2n) is 17.0. The van der Waals surface area contributed by atoms with Crippen LogP contribution in [0.3, 0.4) is 0 Å². The number of aromatic nitrogens is 8. The van der Waals surface area contributed by atoms with Crippen LogP contribution in [-0.4, -0.2) is 96.1 Å². The van der Waals surface area contributed by atoms with Gasteiger partial charge in [0.1, 0.15) is 17.0 Å². The molecule has 0 spiro atoms. The molecule has 10 rings (SSSR count). The summed E-state index contributed by atoms with van der Waals surface area (Å²) in [5.74, 6) is 1.78. The fourth-order valence-corrected chi connectivity index (χ4v) is 10.7. The van der Waals surface area contributed by atoms with Gasteiger partial charge in [0, 0.05) is 49.2 Å². The van der Waals surface area contributed by atoms with Crippen molar-refractivity contribution in [3.63, 3.8) is 0 Å². The molecule has 6 N–H and O–H groups in total. The van der Waals surface area contributed by atoms with Gasteiger partial charge in [-0.3, -0.25) is 19.4 Å². The molecule has 76 heavy (non-hydrogen) atoms. The van der Waals surface area contributed by atoms with Gasteiger partial charge in [-0.1, -0.05) is 90.5 Å². The van der Waals surface area contributed by atoms with Crippen molar-refractivity contribution in [2.24, 2.45) is 0 Å². The molecule has 0 aliphatic carbocycles. The quantitative estimate of drug-likeness (QED) is 0.0412. The summed E-state index contributed by atoms with van der Waals surface area (Å²) in [5, 5.41) is 26.4. The van der Waals surface area contributed by atoms with Crippen molar-refractivity contribution >= 4 is 89.2 Å². The molecule has 4 aromatic carbocycles. The molecule has 0 fully saturated rings. The van der Waals surface area contributed by atoms with Gasteiger partial charge in [0.15, 0.2) is 0 Å². The fourth-order valence-electron chi connectivity index (χ4n) is 8.03. The molecule has 0 saturated carbocycles. The molecule has 18 nitrogen and oxygen atoms in total. The van der Waals surface area contributed by atoms with Crippen LogP contribution in [-0.2, 0) is 20.0 Å². The number of rotatable bonds is 12. The molecule has 10 aromatic rings. The van der Waals surface area contributed by atoms with Crippen LogP contribution >= 0.6 is 22.6 Å². The number of sulfonamides is 2. The Bertz CT molecular complexity index is 3760. The number of halogens is 2. The molecule has 0 amide bonds. The van der Waals surface area contributed by atoms with Crippen LogP contribution in [0, 0.1) is 31.3 Å². The maximum absolute atomic E-state index is 11.8. The number of nitrogens with zero attached hydrogens (tertiary/aromatic N) is 6. The molecule has 398 valence electrons. The third-order valence-electron chi connectivity index (χ3n) is 11.0. The van der Waals surface area contributed by atoms with Crippen molar-refractivity contribution in [3.8, 4) is 55.9 Å². The van der Waals surface area contributed by atoms with Gasteiger partial charge in [-0.25, -0.2) is 26.8 Å². The first kappa shape index (κ1) is 58.7. The Hall–Kier alpha value is -6.52. The van der Waals surface area contributed by atoms with Gasteiger partial charge < -0.3 is 29.1 Å². The van der Waals surface area contributed by atoms with Crippen molar-refractivity contribution in [2.45, 2.75) is 48.5 Å². The molecule has 0 radical (unpaired) electrons. The number of aryl methyl sites for hydroxylation is 4. The van der Waals surface area contributed by atoms with E-state index in [1.807, 2.05) is 125 Å². The summed E-state index contributed by atoms with van der Waals surface area (Å²) >= 11 is 2.78. The fraction of sp³-hybridized carbons (Fsp3) is 0.208. The first-order valence-corrected chi connectivity index (χ1v) is 31.7. The number of benzene rings is 4. The molecule has 6 heterocycles. The van der Waals surface area contributed by atoms with Gasteiger partial charge >= 0.3 is 51.0 Å². The Morgan fingerprint density at radius 3 is 1.57 bits per heavy atom. The Labute approximate surface area is 466 Å². The van der Waals surface area contributed by atoms with E-state index in [-0.39, 0.29) is 19.3 Å². The first-order chi connectivity index (χ1) is 35.7. The number of hydrogen-bond acceptors (Lipinski definition) is 14. The van der Waals surface area contributed by atoms with Crippen LogP contribution < -0.4 is 36.1 Å². The number of fused-ring (bicyclic) bond motifs is 2. The summed E-state index contributed by atoms with van der Waals surface area (Å²) in [4.78, 5) is 26.0. The third kappa shape index (κ3) is 14.9. The molecule has 0 bridgehead atoms. The number of aromatic amines is 2. The SMILES string of the molecule is C.CCC[I-]C.Cc1noc(C)c1-c1cc(-c2cccnc2-c2ccccc2)c2nc(NS(C)(=O)=O)[nH]c2c1.Cc1noc(C)c1-c1cc(I)c2nc(NS(C)(=O)=O)[nH]c2c1.OB(O)c1cccnc1-c1ccccc1. The standard InChI is InChI=1S/C24H21N5O3S.C13H13IN4O3S.C11H10BNO2.C4H10I.CH4/c1-14-21(15(2)32-28-14)17-12-19(23-20(13-17)26-24(27-23)29-33(3,30)31)18-10-7-11-25-22(18)16-8-5-4-6-9-16;1-6-11(7(2)21-17-6)8-4-9(14)12-10(5-8)15-13(16-12)18-22(3,19)20;14-12(15)10-7-4-8-13-11(10)9-5-2-1-3-6-9;1-3-4-5-2;/h4-13H,1-3H3,(H2,26,27,29);4-5H,1-3H3,(H2,15,16,18);1-8,14-15H;3-4H2,1-2H3;1H4/q;;;-1;. The molecule has 0 atom stereocenters. The Morgan fingerprint density at radius 1 is 0.632 bits per heavy atom. The maximum atomic E-state index is 11.8. The van der Waals surface area contributed by atoms with E-state index < -0.39 is 27.2 Å². The van der Waals surface area contributed by atoms with Crippen molar-refractivity contribution in [3.05, 3.63) is 148 Å². The van der Waals surface area contributed by atoms with Gasteiger partial charge in [-0.15, -0.1) is 0 Å². The van der Waals surface area contributed by atoms with Crippen LogP contribution in [0.4, 0.5) is 11.9 Å². The van der Waals surface area contributed by atoms with E-state index in [0.29, 0.717) is 54.7 Å². The normalized spacial score (nSPS) is 11.1. The number of anilines is 2. The zero-order chi connectivity index (χ0) is 54.0. The minimum atomic E-state index is -3.50. The van der Waals surface area contributed by atoms with Crippen molar-refractivity contribution in [1.82, 2.24) is 40.2 Å². The van der Waals surface area contributed by atoms with Crippen LogP contribution in [0.5, 0.6) is 0 Å². The topological polar surface area (TPSA) is 268 Å². The summed E-state index contributed by atoms with van der Waals surface area (Å²) in [6, 6.07) is 34.3. The molecular weight excluding hydrogens is 1230 g/mol. The number of nitrogens with one attached hydrogen (secondary N) is 4. The Balaban J connectivity index is 0.000000188. The molecule has 0 aliphatic rings. The predicted octanol–water partition coefficient (Wildman–Crippen LogP) is 6.93. The van der Waals surface area contributed by atoms with Crippen molar-refractivity contribution in [2.75, 3.05) is 31.3 Å². The van der Waals surface area contributed by atoms with E-state index in [1.165, 1.54) is 10.8 Å². The largest absolute Gasteiger partial charge is 0.490 e. The van der Waals surface area contributed by atoms with Crippen LogP contribution in [0.25, 0.3) is 78.0 Å². The van der Waals surface area contributed by atoms with Gasteiger partial charge in [-0.2, -0.15) is 0 Å². The average molecular weight is 1290 g/mol. The van der Waals surface area contributed by atoms with Crippen molar-refractivity contribution in [1.29, 1.82) is 0 Å². The number of imidazole rings is 2. The molecule has 23 heteroatoms. The number of hydrogen-bond donors (Lipinski definition) is 6. The van der Waals surface area contributed by atoms with E-state index in [4.69, 9.17) is 9.05 Å². The van der Waals surface area contributed by atoms with Crippen LogP contribution in [0.1, 0.15) is 43.7 Å². The first-order valence-electron chi connectivity index (χ1n) is 23.1. The second-order valence-corrected chi connectivity index (χ2v) is 24.3. The zero-order valence-corrected chi connectivity index (χ0v) is 48.1. The third-order valence-corrected chi connectivity index (χ3v) is 15.1. The van der Waals surface area contributed by atoms with E-state index >= 15 is 0 Å². The maximum Gasteiger partial charge on any atom is 0.490 e. The Kier molecular flexibility index (Phi) is 20.1. The summed E-state index contributed by atoms with van der Waals surface area (Å²) in [5.41, 5.74) is 13.3. The van der Waals surface area contributed by atoms with E-state index in [1.54, 1.807) is 24.5 Å². The number of pyridine rings is 2. The van der Waals surface area contributed by atoms with Gasteiger partial charge in [0.05, 0.1) is 51.8 Å². The van der Waals surface area contributed by atoms with Crippen LogP contribution in [0.15, 0.2) is 131 Å². The zero-order valence-electron chi connectivity index (χ0n) is 42.1. The van der Waals surface area contributed by atoms with Gasteiger partial charge in [-0.05, 0) is 103 Å². The molecule has 0 saturated heterocycles. The van der Waals surface area contributed by atoms with Gasteiger partial charge in [0.25, 0.3) is 0 Å². The predicted molar refractivity (Wildman–Crippen MR) is 308 cm³/mol. The second kappa shape index (κ2) is 26.0. The van der Waals surface area contributed by atoms with E-state index in [9.17, 15) is 26.9 Å². The van der Waals surface area contributed by atoms with Crippen molar-refractivity contribution < 1.29 is 57.1 Å². The monoisotopic (exact) mass is 1290 g/mol. The number of H-pyrrole nitrogens is 2. The Morgan fingerprint density at radius 2 is 1.11 bits per heavy atom. The summed E-state index contributed by atoms with van der Waals surface area (Å²) in [6.45, 7) is 9.73. The summed E-state index contributed by atoms with van der Waals surface area (Å²) < 4.78 is 64.0. The molecule has 0 unspecified atom stereocenters. The van der Waals surface area contributed by atoms with E-state index in [2.05, 4.69) is 84.1 Å². The van der Waals surface area contributed by atoms with Crippen LogP contribution in [0.2, 0.25) is 0 Å². The molecule has 0 aliphatic heterocycles. The summed E-state index contributed by atoms with van der Waals surface area (Å²) in [6.07, 6.45) is 6.95. The molecule has 6 aromatic heterocycles. The van der Waals surface area contributed by atoms with Gasteiger partial charge in [0.2, 0.25) is 31.9 Å². The summed E-state index contributed by atoms with van der Waals surface area (Å²) in [7, 11) is -8.37. The molecular formula is C53H58BI2N10O8S2-. The minimum absolute atomic E-state index is 0.